The van der Waals surface area contributed by atoms with E-state index in [1.54, 1.807) is 6.07 Å². The lowest BCUT2D eigenvalue weighted by atomic mass is 10.0. The molecule has 2 heterocycles. The van der Waals surface area contributed by atoms with Gasteiger partial charge in [-0.1, -0.05) is 17.9 Å². The molecule has 8 heteroatoms. The third kappa shape index (κ3) is 7.75. The van der Waals surface area contributed by atoms with Crippen molar-refractivity contribution < 1.29 is 17.9 Å². The molecule has 0 bridgehead atoms. The van der Waals surface area contributed by atoms with E-state index in [2.05, 4.69) is 32.4 Å². The van der Waals surface area contributed by atoms with Gasteiger partial charge in [-0.3, -0.25) is 0 Å². The molecular weight excluding hydrogens is 405 g/mol. The molecule has 0 amide bonds. The highest BCUT2D eigenvalue weighted by Crippen LogP contribution is 2.29. The first kappa shape index (κ1) is 23.4. The van der Waals surface area contributed by atoms with Gasteiger partial charge in [-0.2, -0.15) is 13.2 Å². The largest absolute Gasteiger partial charge is 0.416 e. The van der Waals surface area contributed by atoms with E-state index in [0.717, 1.165) is 70.8 Å². The lowest BCUT2D eigenvalue weighted by Crippen LogP contribution is -2.49. The van der Waals surface area contributed by atoms with Gasteiger partial charge in [-0.15, -0.1) is 0 Å². The quantitative estimate of drug-likeness (QED) is 0.423. The maximum absolute atomic E-state index is 12.8. The Morgan fingerprint density at radius 3 is 2.74 bits per heavy atom. The van der Waals surface area contributed by atoms with E-state index in [1.807, 2.05) is 6.92 Å². The second-order valence-corrected chi connectivity index (χ2v) is 8.02. The third-order valence-electron chi connectivity index (χ3n) is 5.55. The van der Waals surface area contributed by atoms with Crippen molar-refractivity contribution in [3.05, 3.63) is 35.4 Å². The molecule has 2 aliphatic heterocycles. The number of benzene rings is 1. The lowest BCUT2D eigenvalue weighted by Gasteiger charge is -2.34. The second-order valence-electron chi connectivity index (χ2n) is 8.02. The molecular formula is C23H31F3N4O. The molecule has 0 radical (unpaired) electrons. The summed E-state index contributed by atoms with van der Waals surface area (Å²) in [5, 5.41) is 6.69. The summed E-state index contributed by atoms with van der Waals surface area (Å²) >= 11 is 0. The maximum atomic E-state index is 12.8. The summed E-state index contributed by atoms with van der Waals surface area (Å²) in [7, 11) is 0. The summed E-state index contributed by atoms with van der Waals surface area (Å²) in [5.41, 5.74) is -0.354. The summed E-state index contributed by atoms with van der Waals surface area (Å²) < 4.78 is 43.9. The molecule has 0 spiro atoms. The molecule has 170 valence electrons. The minimum absolute atomic E-state index is 0.214. The van der Waals surface area contributed by atoms with Crippen molar-refractivity contribution in [2.45, 2.75) is 38.4 Å². The maximum Gasteiger partial charge on any atom is 0.416 e. The van der Waals surface area contributed by atoms with Gasteiger partial charge in [0.05, 0.1) is 12.2 Å². The molecule has 2 N–H and O–H groups in total. The Balaban J connectivity index is 1.48. The number of piperidine rings is 1. The average Bonchev–Trinajstić information content (AvgIpc) is 3.25. The molecule has 0 aromatic heterocycles. The number of alkyl halides is 3. The van der Waals surface area contributed by atoms with Crippen LogP contribution in [0.4, 0.5) is 13.2 Å². The first-order valence-corrected chi connectivity index (χ1v) is 10.9. The zero-order valence-electron chi connectivity index (χ0n) is 18.0. The molecule has 1 unspecified atom stereocenters. The van der Waals surface area contributed by atoms with Gasteiger partial charge in [0.25, 0.3) is 0 Å². The third-order valence-corrected chi connectivity index (χ3v) is 5.55. The summed E-state index contributed by atoms with van der Waals surface area (Å²) in [6.45, 7) is 7.95. The molecule has 2 fully saturated rings. The molecule has 2 aliphatic rings. The highest BCUT2D eigenvalue weighted by molar-refractivity contribution is 5.80. The van der Waals surface area contributed by atoms with Gasteiger partial charge >= 0.3 is 6.18 Å². The Bertz CT molecular complexity index is 786. The number of nitrogens with one attached hydrogen (secondary N) is 2. The van der Waals surface area contributed by atoms with E-state index in [1.165, 1.54) is 6.07 Å². The fourth-order valence-electron chi connectivity index (χ4n) is 3.90. The first-order valence-electron chi connectivity index (χ1n) is 10.9. The molecule has 1 aromatic carbocycles. The Morgan fingerprint density at radius 1 is 1.26 bits per heavy atom. The number of likely N-dealkylation sites (tertiary alicyclic amines) is 1. The number of halogens is 3. The van der Waals surface area contributed by atoms with Crippen molar-refractivity contribution in [1.29, 1.82) is 0 Å². The second kappa shape index (κ2) is 11.4. The number of hydrogen-bond acceptors (Lipinski definition) is 3. The van der Waals surface area contributed by atoms with Gasteiger partial charge in [0.2, 0.25) is 0 Å². The number of hydrogen-bond donors (Lipinski definition) is 2. The standard InChI is InChI=1S/C23H31F3N4O/c1-2-27-22(28-11-4-6-18-5-3-7-20(15-18)23(24,25)26)29-21-8-12-30(13-9-21)16-19-10-14-31-17-19/h3,5,7,15,19,21H,2,8-14,16-17H2,1H3,(H2,27,28,29). The van der Waals surface area contributed by atoms with Crippen LogP contribution >= 0.6 is 0 Å². The summed E-state index contributed by atoms with van der Waals surface area (Å²) in [6, 6.07) is 5.40. The van der Waals surface area contributed by atoms with Crippen molar-refractivity contribution in [2.24, 2.45) is 10.9 Å². The zero-order chi connectivity index (χ0) is 22.1. The van der Waals surface area contributed by atoms with Crippen LogP contribution in [-0.2, 0) is 10.9 Å². The zero-order valence-corrected chi connectivity index (χ0v) is 18.0. The smallest absolute Gasteiger partial charge is 0.381 e. The van der Waals surface area contributed by atoms with Gasteiger partial charge < -0.3 is 20.3 Å². The summed E-state index contributed by atoms with van der Waals surface area (Å²) in [4.78, 5) is 6.98. The first-order chi connectivity index (χ1) is 14.9. The van der Waals surface area contributed by atoms with Crippen LogP contribution in [0.15, 0.2) is 29.3 Å². The molecule has 3 rings (SSSR count). The molecule has 0 saturated carbocycles. The topological polar surface area (TPSA) is 48.9 Å². The summed E-state index contributed by atoms with van der Waals surface area (Å²) in [6.07, 6.45) is -1.10. The predicted octanol–water partition coefficient (Wildman–Crippen LogP) is 3.11. The van der Waals surface area contributed by atoms with Crippen LogP contribution in [0.25, 0.3) is 0 Å². The van der Waals surface area contributed by atoms with Crippen LogP contribution in [0.3, 0.4) is 0 Å². The number of rotatable bonds is 5. The van der Waals surface area contributed by atoms with Gasteiger partial charge in [-0.05, 0) is 50.3 Å². The predicted molar refractivity (Wildman–Crippen MR) is 116 cm³/mol. The average molecular weight is 437 g/mol. The van der Waals surface area contributed by atoms with Crippen molar-refractivity contribution in [2.75, 3.05) is 45.9 Å². The fraction of sp³-hybridized carbons (Fsp3) is 0.609. The molecule has 1 aromatic rings. The van der Waals surface area contributed by atoms with Crippen LogP contribution in [0.5, 0.6) is 0 Å². The minimum Gasteiger partial charge on any atom is -0.381 e. The highest BCUT2D eigenvalue weighted by Gasteiger charge is 2.30. The van der Waals surface area contributed by atoms with Gasteiger partial charge in [0.1, 0.15) is 6.54 Å². The fourth-order valence-corrected chi connectivity index (χ4v) is 3.90. The van der Waals surface area contributed by atoms with Gasteiger partial charge in [0.15, 0.2) is 5.96 Å². The van der Waals surface area contributed by atoms with E-state index >= 15 is 0 Å². The molecule has 31 heavy (non-hydrogen) atoms. The van der Waals surface area contributed by atoms with E-state index in [4.69, 9.17) is 4.74 Å². The Morgan fingerprint density at radius 2 is 2.06 bits per heavy atom. The minimum atomic E-state index is -4.36. The van der Waals surface area contributed by atoms with Crippen molar-refractivity contribution in [1.82, 2.24) is 15.5 Å². The summed E-state index contributed by atoms with van der Waals surface area (Å²) in [5.74, 6) is 6.98. The molecule has 0 aliphatic carbocycles. The number of nitrogens with zero attached hydrogens (tertiary/aromatic N) is 2. The van der Waals surface area contributed by atoms with Crippen molar-refractivity contribution in [3.8, 4) is 11.8 Å². The monoisotopic (exact) mass is 436 g/mol. The van der Waals surface area contributed by atoms with Crippen LogP contribution < -0.4 is 10.6 Å². The SMILES string of the molecule is CCNC(=NCC#Cc1cccc(C(F)(F)F)c1)NC1CCN(CC2CCOC2)CC1. The van der Waals surface area contributed by atoms with Gasteiger partial charge in [-0.25, -0.2) is 4.99 Å². The highest BCUT2D eigenvalue weighted by atomic mass is 19.4. The van der Waals surface area contributed by atoms with Crippen molar-refractivity contribution >= 4 is 5.96 Å². The molecule has 1 atom stereocenters. The number of guanidine groups is 1. The van der Waals surface area contributed by atoms with E-state index < -0.39 is 11.7 Å². The molecule has 2 saturated heterocycles. The Hall–Kier alpha value is -2.24. The lowest BCUT2D eigenvalue weighted by molar-refractivity contribution is -0.137. The molecule has 5 nitrogen and oxygen atoms in total. The van der Waals surface area contributed by atoms with Crippen LogP contribution in [0, 0.1) is 17.8 Å². The van der Waals surface area contributed by atoms with Crippen LogP contribution in [0.2, 0.25) is 0 Å². The van der Waals surface area contributed by atoms with Crippen LogP contribution in [0.1, 0.15) is 37.3 Å². The number of aliphatic imine (C=N–C) groups is 1. The Labute approximate surface area is 182 Å². The van der Waals surface area contributed by atoms with E-state index in [9.17, 15) is 13.2 Å². The van der Waals surface area contributed by atoms with Crippen LogP contribution in [-0.4, -0.2) is 62.8 Å². The Kier molecular flexibility index (Phi) is 8.61. The normalized spacial score (nSPS) is 20.9. The van der Waals surface area contributed by atoms with Crippen molar-refractivity contribution in [3.63, 3.8) is 0 Å². The van der Waals surface area contributed by atoms with E-state index in [0.29, 0.717) is 23.5 Å². The van der Waals surface area contributed by atoms with E-state index in [-0.39, 0.29) is 6.54 Å². The number of ether oxygens (including phenoxy) is 1. The van der Waals surface area contributed by atoms with Gasteiger partial charge in [0, 0.05) is 44.4 Å².